The molecule has 130 valence electrons. The minimum atomic E-state index is -0.136. The van der Waals surface area contributed by atoms with Crippen molar-refractivity contribution in [2.45, 2.75) is 6.61 Å². The Hall–Kier alpha value is -3.12. The normalized spacial score (nSPS) is 9.72. The Kier molecular flexibility index (Phi) is 6.74. The maximum Gasteiger partial charge on any atom is 0.162 e. The van der Waals surface area contributed by atoms with Gasteiger partial charge in [0.05, 0.1) is 14.2 Å². The summed E-state index contributed by atoms with van der Waals surface area (Å²) < 4.78 is 14.8. The number of carbonyl (C=O) groups excluding carboxylic acids is 1. The first-order chi connectivity index (χ1) is 12.2. The summed E-state index contributed by atoms with van der Waals surface area (Å²) in [7, 11) is 3.21. The van der Waals surface area contributed by atoms with E-state index in [2.05, 4.69) is 5.16 Å². The smallest absolute Gasteiger partial charge is 0.162 e. The van der Waals surface area contributed by atoms with Gasteiger partial charge in [-0.15, -0.1) is 0 Å². The van der Waals surface area contributed by atoms with Crippen molar-refractivity contribution in [3.8, 4) is 22.8 Å². The summed E-state index contributed by atoms with van der Waals surface area (Å²) in [4.78, 5) is 10.2. The standard InChI is InChI=1S/C11H11NO3.C8H8O2/c1-14-9-4-2-8(3-5-9)11-6-10(7-13)15-12-11;1-10-8-4-2-7(6-9)3-5-8/h2-6,13H,7H2,1H3;2-6H,1H3. The number of aromatic nitrogens is 1. The lowest BCUT2D eigenvalue weighted by molar-refractivity contribution is 0.112. The Morgan fingerprint density at radius 1 is 1.00 bits per heavy atom. The number of ether oxygens (including phenoxy) is 2. The molecule has 1 aromatic heterocycles. The summed E-state index contributed by atoms with van der Waals surface area (Å²) in [5.41, 5.74) is 2.31. The van der Waals surface area contributed by atoms with E-state index in [4.69, 9.17) is 19.1 Å². The minimum absolute atomic E-state index is 0.136. The summed E-state index contributed by atoms with van der Waals surface area (Å²) in [5.74, 6) is 2.02. The van der Waals surface area contributed by atoms with Gasteiger partial charge in [0.1, 0.15) is 30.1 Å². The molecule has 1 N–H and O–H groups in total. The summed E-state index contributed by atoms with van der Waals surface area (Å²) in [6.45, 7) is -0.136. The number of aliphatic hydroxyl groups is 1. The van der Waals surface area contributed by atoms with Crippen LogP contribution in [0.25, 0.3) is 11.3 Å². The van der Waals surface area contributed by atoms with Crippen LogP contribution >= 0.6 is 0 Å². The third kappa shape index (κ3) is 5.19. The van der Waals surface area contributed by atoms with Crippen LogP contribution in [0.5, 0.6) is 11.5 Å². The largest absolute Gasteiger partial charge is 0.497 e. The fraction of sp³-hybridized carbons (Fsp3) is 0.158. The zero-order chi connectivity index (χ0) is 18.1. The zero-order valence-corrected chi connectivity index (χ0v) is 14.0. The lowest BCUT2D eigenvalue weighted by Crippen LogP contribution is -1.82. The van der Waals surface area contributed by atoms with Gasteiger partial charge in [0, 0.05) is 17.2 Å². The van der Waals surface area contributed by atoms with Crippen LogP contribution in [0.4, 0.5) is 0 Å². The maximum absolute atomic E-state index is 10.2. The van der Waals surface area contributed by atoms with E-state index in [9.17, 15) is 4.79 Å². The van der Waals surface area contributed by atoms with Crippen LogP contribution in [0.15, 0.2) is 59.1 Å². The molecule has 0 fully saturated rings. The van der Waals surface area contributed by atoms with Gasteiger partial charge in [-0.2, -0.15) is 0 Å². The molecule has 0 saturated heterocycles. The molecule has 0 aliphatic carbocycles. The molecule has 0 radical (unpaired) electrons. The van der Waals surface area contributed by atoms with Gasteiger partial charge in [0.15, 0.2) is 5.76 Å². The lowest BCUT2D eigenvalue weighted by atomic mass is 10.1. The van der Waals surface area contributed by atoms with Crippen LogP contribution in [-0.2, 0) is 6.61 Å². The average Bonchev–Trinajstić information content (AvgIpc) is 3.18. The van der Waals surface area contributed by atoms with Crippen LogP contribution in [0, 0.1) is 0 Å². The molecule has 2 aromatic carbocycles. The predicted octanol–water partition coefficient (Wildman–Crippen LogP) is 3.35. The maximum atomic E-state index is 10.2. The summed E-state index contributed by atoms with van der Waals surface area (Å²) in [6.07, 6.45) is 0.805. The number of carbonyl (C=O) groups is 1. The number of nitrogens with zero attached hydrogens (tertiary/aromatic N) is 1. The molecule has 3 aromatic rings. The first kappa shape index (κ1) is 18.2. The van der Waals surface area contributed by atoms with Crippen molar-refractivity contribution in [1.82, 2.24) is 5.16 Å². The number of benzene rings is 2. The third-order valence-corrected chi connectivity index (χ3v) is 3.35. The molecular formula is C19H19NO5. The van der Waals surface area contributed by atoms with Crippen LogP contribution in [0.2, 0.25) is 0 Å². The number of rotatable bonds is 5. The molecule has 0 unspecified atom stereocenters. The van der Waals surface area contributed by atoms with Crippen molar-refractivity contribution in [3.05, 3.63) is 65.9 Å². The second kappa shape index (κ2) is 9.24. The van der Waals surface area contributed by atoms with Gasteiger partial charge in [-0.05, 0) is 48.5 Å². The number of hydrogen-bond donors (Lipinski definition) is 1. The monoisotopic (exact) mass is 341 g/mol. The first-order valence-corrected chi connectivity index (χ1v) is 7.50. The van der Waals surface area contributed by atoms with Gasteiger partial charge in [0.25, 0.3) is 0 Å². The first-order valence-electron chi connectivity index (χ1n) is 7.50. The molecule has 1 heterocycles. The van der Waals surface area contributed by atoms with Crippen LogP contribution in [-0.4, -0.2) is 30.8 Å². The topological polar surface area (TPSA) is 81.8 Å². The van der Waals surface area contributed by atoms with Crippen molar-refractivity contribution in [3.63, 3.8) is 0 Å². The highest BCUT2D eigenvalue weighted by Gasteiger charge is 2.05. The van der Waals surface area contributed by atoms with E-state index in [-0.39, 0.29) is 6.61 Å². The van der Waals surface area contributed by atoms with E-state index in [0.29, 0.717) is 17.0 Å². The molecule has 0 aliphatic rings. The summed E-state index contributed by atoms with van der Waals surface area (Å²) in [6, 6.07) is 16.1. The van der Waals surface area contributed by atoms with Gasteiger partial charge in [-0.25, -0.2) is 0 Å². The molecule has 0 amide bonds. The van der Waals surface area contributed by atoms with Crippen molar-refractivity contribution >= 4 is 6.29 Å². The Morgan fingerprint density at radius 2 is 1.56 bits per heavy atom. The minimum Gasteiger partial charge on any atom is -0.497 e. The van der Waals surface area contributed by atoms with Crippen molar-refractivity contribution in [2.24, 2.45) is 0 Å². The lowest BCUT2D eigenvalue weighted by Gasteiger charge is -1.99. The van der Waals surface area contributed by atoms with Gasteiger partial charge in [-0.3, -0.25) is 4.79 Å². The van der Waals surface area contributed by atoms with Gasteiger partial charge < -0.3 is 19.1 Å². The van der Waals surface area contributed by atoms with E-state index in [1.54, 1.807) is 44.6 Å². The SMILES string of the molecule is COc1ccc(-c2cc(CO)on2)cc1.COc1ccc(C=O)cc1. The molecule has 0 spiro atoms. The van der Waals surface area contributed by atoms with Crippen LogP contribution < -0.4 is 9.47 Å². The summed E-state index contributed by atoms with van der Waals surface area (Å²) in [5, 5.41) is 12.7. The highest BCUT2D eigenvalue weighted by atomic mass is 16.5. The second-order valence-corrected chi connectivity index (χ2v) is 4.96. The molecular weight excluding hydrogens is 322 g/mol. The molecule has 0 atom stereocenters. The van der Waals surface area contributed by atoms with Crippen molar-refractivity contribution < 1.29 is 23.9 Å². The van der Waals surface area contributed by atoms with Crippen molar-refractivity contribution in [1.29, 1.82) is 0 Å². The fourth-order valence-corrected chi connectivity index (χ4v) is 1.97. The van der Waals surface area contributed by atoms with Crippen LogP contribution in [0.1, 0.15) is 16.1 Å². The van der Waals surface area contributed by atoms with Gasteiger partial charge in [0.2, 0.25) is 0 Å². The van der Waals surface area contributed by atoms with Crippen LogP contribution in [0.3, 0.4) is 0 Å². The van der Waals surface area contributed by atoms with Crippen molar-refractivity contribution in [2.75, 3.05) is 14.2 Å². The third-order valence-electron chi connectivity index (χ3n) is 3.35. The van der Waals surface area contributed by atoms with Gasteiger partial charge in [-0.1, -0.05) is 5.16 Å². The number of aldehydes is 1. The Bertz CT molecular complexity index is 778. The van der Waals surface area contributed by atoms with Gasteiger partial charge >= 0.3 is 0 Å². The molecule has 3 rings (SSSR count). The van der Waals surface area contributed by atoms with E-state index in [1.165, 1.54) is 0 Å². The summed E-state index contributed by atoms with van der Waals surface area (Å²) >= 11 is 0. The average molecular weight is 341 g/mol. The number of methoxy groups -OCH3 is 2. The predicted molar refractivity (Wildman–Crippen MR) is 92.8 cm³/mol. The van der Waals surface area contributed by atoms with E-state index in [1.807, 2.05) is 24.3 Å². The molecule has 6 nitrogen and oxygen atoms in total. The van der Waals surface area contributed by atoms with E-state index < -0.39 is 0 Å². The molecule has 0 bridgehead atoms. The Labute approximate surface area is 145 Å². The quantitative estimate of drug-likeness (QED) is 0.717. The Morgan fingerprint density at radius 3 is 2.00 bits per heavy atom. The zero-order valence-electron chi connectivity index (χ0n) is 14.0. The van der Waals surface area contributed by atoms with E-state index in [0.717, 1.165) is 23.3 Å². The molecule has 0 aliphatic heterocycles. The number of aliphatic hydroxyl groups excluding tert-OH is 1. The molecule has 6 heteroatoms. The highest BCUT2D eigenvalue weighted by Crippen LogP contribution is 2.21. The second-order valence-electron chi connectivity index (χ2n) is 4.96. The molecule has 25 heavy (non-hydrogen) atoms. The fourth-order valence-electron chi connectivity index (χ4n) is 1.97. The van der Waals surface area contributed by atoms with E-state index >= 15 is 0 Å². The highest BCUT2D eigenvalue weighted by molar-refractivity contribution is 5.74. The Balaban J connectivity index is 0.000000196. The number of hydrogen-bond acceptors (Lipinski definition) is 6. The molecule has 0 saturated carbocycles.